The van der Waals surface area contributed by atoms with E-state index in [2.05, 4.69) is 113 Å². The minimum Gasteiger partial charge on any atom is -0.344 e. The van der Waals surface area contributed by atoms with Crippen molar-refractivity contribution >= 4 is 17.1 Å². The Kier molecular flexibility index (Phi) is 23.3. The number of nitrogens with zero attached hydrogens (tertiary/aromatic N) is 4. The van der Waals surface area contributed by atoms with Crippen LogP contribution in [-0.4, -0.2) is 34.5 Å². The van der Waals surface area contributed by atoms with Gasteiger partial charge in [0.1, 0.15) is 0 Å². The van der Waals surface area contributed by atoms with Crippen molar-refractivity contribution in [2.45, 2.75) is 73.1 Å². The van der Waals surface area contributed by atoms with Gasteiger partial charge in [-0.2, -0.15) is 0 Å². The van der Waals surface area contributed by atoms with Crippen molar-refractivity contribution in [1.82, 2.24) is 21.0 Å². The zero-order chi connectivity index (χ0) is 33.1. The van der Waals surface area contributed by atoms with Crippen LogP contribution in [0.4, 0.5) is 17.1 Å². The number of hydrogen-bond acceptors (Lipinski definition) is 5. The highest BCUT2D eigenvalue weighted by atomic mass is 15.1. The van der Waals surface area contributed by atoms with Crippen molar-refractivity contribution in [2.24, 2.45) is 0 Å². The first kappa shape index (κ1) is 40.7. The Morgan fingerprint density at radius 3 is 1.02 bits per heavy atom. The molecule has 0 unspecified atom stereocenters. The first-order valence-corrected chi connectivity index (χ1v) is 17.0. The average Bonchev–Trinajstić information content (AvgIpc) is 3.11. The van der Waals surface area contributed by atoms with Crippen molar-refractivity contribution in [2.75, 3.05) is 24.5 Å². The minimum atomic E-state index is 0. The van der Waals surface area contributed by atoms with Crippen LogP contribution in [0, 0.1) is 13.8 Å². The molecule has 0 bridgehead atoms. The van der Waals surface area contributed by atoms with Crippen LogP contribution < -0.4 is 11.1 Å². The van der Waals surface area contributed by atoms with E-state index in [9.17, 15) is 0 Å². The minimum absolute atomic E-state index is 0. The fraction of sp³-hybridized carbons (Fsp3) is 0.333. The van der Waals surface area contributed by atoms with E-state index in [0.29, 0.717) is 0 Å². The molecule has 5 aromatic rings. The molecule has 0 saturated heterocycles. The third-order valence-electron chi connectivity index (χ3n) is 7.12. The summed E-state index contributed by atoms with van der Waals surface area (Å²) >= 11 is 0. The summed E-state index contributed by atoms with van der Waals surface area (Å²) in [6.45, 7) is 14.8. The Morgan fingerprint density at radius 2 is 0.787 bits per heavy atom. The van der Waals surface area contributed by atoms with Gasteiger partial charge in [0.2, 0.25) is 0 Å². The number of unbranched alkanes of at least 4 members (excludes halogenated alkanes) is 3. The monoisotopic (exact) mass is 633 g/mol. The SMILES string of the molecule is CCCCN(CCCC)CCCC.Cc1cccc(C)n1.N.c1ccc(N(c2ccccc2)c2ccccc2)cc1.c1ccncc1. The van der Waals surface area contributed by atoms with Crippen molar-refractivity contribution in [3.05, 3.63) is 151 Å². The van der Waals surface area contributed by atoms with Crippen LogP contribution in [-0.2, 0) is 0 Å². The number of anilines is 3. The highest BCUT2D eigenvalue weighted by Gasteiger charge is 2.10. The highest BCUT2D eigenvalue weighted by molar-refractivity contribution is 5.76. The van der Waals surface area contributed by atoms with Crippen molar-refractivity contribution < 1.29 is 0 Å². The molecule has 0 radical (unpaired) electrons. The molecule has 2 aromatic heterocycles. The number of pyridine rings is 2. The maximum absolute atomic E-state index is 4.17. The smallest absolute Gasteiger partial charge is 0.0461 e. The number of benzene rings is 3. The van der Waals surface area contributed by atoms with Gasteiger partial charge < -0.3 is 16.0 Å². The second-order valence-electron chi connectivity index (χ2n) is 11.2. The van der Waals surface area contributed by atoms with Gasteiger partial charge in [-0.25, -0.2) is 0 Å². The average molecular weight is 634 g/mol. The van der Waals surface area contributed by atoms with E-state index in [4.69, 9.17) is 0 Å². The maximum Gasteiger partial charge on any atom is 0.0461 e. The van der Waals surface area contributed by atoms with E-state index in [1.165, 1.54) is 75.2 Å². The summed E-state index contributed by atoms with van der Waals surface area (Å²) in [4.78, 5) is 12.8. The number of para-hydroxylation sites is 3. The second kappa shape index (κ2) is 26.9. The quantitative estimate of drug-likeness (QED) is 0.148. The van der Waals surface area contributed by atoms with Gasteiger partial charge in [-0.05, 0) is 113 Å². The normalized spacial score (nSPS) is 9.74. The Labute approximate surface area is 286 Å². The molecule has 0 aliphatic heterocycles. The standard InChI is InChI=1S/C18H15N.C12H27N.C7H9N.C5H5N.H3N/c1-4-10-16(11-5-1)19(17-12-6-2-7-13-17)18-14-8-3-9-15-18;1-4-7-10-13(11-8-5-2)12-9-6-3;1-6-4-3-5-7(2)8-6;1-2-4-6-5-3-1;/h1-15H;4-12H2,1-3H3;3-5H,1-2H3;1-5H;1H3. The fourth-order valence-electron chi connectivity index (χ4n) is 4.65. The molecule has 5 heteroatoms. The molecule has 2 heterocycles. The summed E-state index contributed by atoms with van der Waals surface area (Å²) in [6, 6.07) is 43.0. The Hall–Kier alpha value is -4.32. The molecule has 3 aromatic carbocycles. The van der Waals surface area contributed by atoms with Gasteiger partial charge in [0.15, 0.2) is 0 Å². The fourth-order valence-corrected chi connectivity index (χ4v) is 4.65. The number of aromatic nitrogens is 2. The summed E-state index contributed by atoms with van der Waals surface area (Å²) in [7, 11) is 0. The predicted octanol–water partition coefficient (Wildman–Crippen LogP) is 11.8. The van der Waals surface area contributed by atoms with Gasteiger partial charge in [-0.1, -0.05) is 107 Å². The first-order valence-electron chi connectivity index (χ1n) is 17.0. The highest BCUT2D eigenvalue weighted by Crippen LogP contribution is 2.33. The molecular formula is C42H59N5. The number of aryl methyl sites for hydroxylation is 2. The van der Waals surface area contributed by atoms with Crippen LogP contribution in [0.2, 0.25) is 0 Å². The predicted molar refractivity (Wildman–Crippen MR) is 205 cm³/mol. The molecule has 252 valence electrons. The zero-order valence-electron chi connectivity index (χ0n) is 29.6. The molecule has 47 heavy (non-hydrogen) atoms. The summed E-state index contributed by atoms with van der Waals surface area (Å²) < 4.78 is 0. The third kappa shape index (κ3) is 18.4. The van der Waals surface area contributed by atoms with Crippen molar-refractivity contribution in [1.29, 1.82) is 0 Å². The molecule has 5 rings (SSSR count). The summed E-state index contributed by atoms with van der Waals surface area (Å²) in [5, 5.41) is 0. The Bertz CT molecular complexity index is 1210. The van der Waals surface area contributed by atoms with Gasteiger partial charge in [-0.15, -0.1) is 0 Å². The number of rotatable bonds is 12. The van der Waals surface area contributed by atoms with E-state index in [1.807, 2.05) is 68.4 Å². The van der Waals surface area contributed by atoms with E-state index in [-0.39, 0.29) is 6.15 Å². The van der Waals surface area contributed by atoms with Gasteiger partial charge in [0, 0.05) is 40.8 Å². The summed E-state index contributed by atoms with van der Waals surface area (Å²) in [5.41, 5.74) is 5.68. The van der Waals surface area contributed by atoms with E-state index >= 15 is 0 Å². The maximum atomic E-state index is 4.17. The van der Waals surface area contributed by atoms with E-state index in [1.54, 1.807) is 12.4 Å². The molecule has 0 aliphatic carbocycles. The largest absolute Gasteiger partial charge is 0.344 e. The van der Waals surface area contributed by atoms with Gasteiger partial charge in [0.25, 0.3) is 0 Å². The van der Waals surface area contributed by atoms with Crippen LogP contribution in [0.5, 0.6) is 0 Å². The van der Waals surface area contributed by atoms with E-state index < -0.39 is 0 Å². The lowest BCUT2D eigenvalue weighted by Crippen LogP contribution is -2.27. The van der Waals surface area contributed by atoms with Crippen LogP contribution in [0.15, 0.2) is 140 Å². The van der Waals surface area contributed by atoms with Gasteiger partial charge in [-0.3, -0.25) is 9.97 Å². The van der Waals surface area contributed by atoms with Gasteiger partial charge in [0.05, 0.1) is 0 Å². The molecule has 0 fully saturated rings. The molecule has 0 aliphatic rings. The van der Waals surface area contributed by atoms with Crippen LogP contribution in [0.1, 0.15) is 70.7 Å². The molecule has 0 spiro atoms. The Balaban J connectivity index is 0.000000342. The summed E-state index contributed by atoms with van der Waals surface area (Å²) in [5.74, 6) is 0. The Morgan fingerprint density at radius 1 is 0.447 bits per heavy atom. The topological polar surface area (TPSA) is 67.3 Å². The molecular weight excluding hydrogens is 574 g/mol. The lowest BCUT2D eigenvalue weighted by Gasteiger charge is -2.25. The number of hydrogen-bond donors (Lipinski definition) is 1. The lowest BCUT2D eigenvalue weighted by atomic mass is 10.2. The van der Waals surface area contributed by atoms with Crippen LogP contribution in [0.3, 0.4) is 0 Å². The molecule has 0 saturated carbocycles. The zero-order valence-corrected chi connectivity index (χ0v) is 29.6. The van der Waals surface area contributed by atoms with Crippen LogP contribution >= 0.6 is 0 Å². The molecule has 0 amide bonds. The summed E-state index contributed by atoms with van der Waals surface area (Å²) in [6.07, 6.45) is 11.6. The second-order valence-corrected chi connectivity index (χ2v) is 11.2. The lowest BCUT2D eigenvalue weighted by molar-refractivity contribution is 0.261. The van der Waals surface area contributed by atoms with Crippen molar-refractivity contribution in [3.8, 4) is 0 Å². The van der Waals surface area contributed by atoms with E-state index in [0.717, 1.165) is 11.4 Å². The molecule has 0 atom stereocenters. The van der Waals surface area contributed by atoms with Crippen LogP contribution in [0.25, 0.3) is 0 Å². The first-order chi connectivity index (χ1) is 22.6. The molecule has 3 N–H and O–H groups in total. The van der Waals surface area contributed by atoms with Crippen molar-refractivity contribution in [3.63, 3.8) is 0 Å². The molecule has 5 nitrogen and oxygen atoms in total. The third-order valence-corrected chi connectivity index (χ3v) is 7.12. The van der Waals surface area contributed by atoms with Gasteiger partial charge >= 0.3 is 0 Å².